The van der Waals surface area contributed by atoms with Gasteiger partial charge in [0.1, 0.15) is 5.82 Å². The molecule has 1 aliphatic carbocycles. The zero-order valence-electron chi connectivity index (χ0n) is 9.78. The van der Waals surface area contributed by atoms with Crippen LogP contribution in [0.15, 0.2) is 12.1 Å². The van der Waals surface area contributed by atoms with Gasteiger partial charge in [0.05, 0.1) is 16.0 Å². The second kappa shape index (κ2) is 4.54. The molecule has 8 heteroatoms. The first kappa shape index (κ1) is 13.3. The maximum absolute atomic E-state index is 13.5. The van der Waals surface area contributed by atoms with Crippen LogP contribution in [-0.2, 0) is 4.79 Å². The zero-order valence-corrected chi connectivity index (χ0v) is 9.78. The van der Waals surface area contributed by atoms with Gasteiger partial charge in [0.15, 0.2) is 0 Å². The van der Waals surface area contributed by atoms with Crippen LogP contribution in [0.4, 0.5) is 20.2 Å². The SMILES string of the molecule is NCC1(C(=O)Nc2cc([N+](=O)[O-])c(F)cc2F)CC1. The molecule has 0 aromatic heterocycles. The topological polar surface area (TPSA) is 98.3 Å². The summed E-state index contributed by atoms with van der Waals surface area (Å²) in [5.74, 6) is -2.86. The fraction of sp³-hybridized carbons (Fsp3) is 0.364. The monoisotopic (exact) mass is 271 g/mol. The molecule has 0 heterocycles. The third-order valence-corrected chi connectivity index (χ3v) is 3.21. The summed E-state index contributed by atoms with van der Waals surface area (Å²) in [6.07, 6.45) is 1.17. The first-order valence-corrected chi connectivity index (χ1v) is 5.54. The number of nitrogens with zero attached hydrogens (tertiary/aromatic N) is 1. The van der Waals surface area contributed by atoms with Gasteiger partial charge in [-0.1, -0.05) is 0 Å². The van der Waals surface area contributed by atoms with Crippen LogP contribution in [0.5, 0.6) is 0 Å². The van der Waals surface area contributed by atoms with Gasteiger partial charge in [0.25, 0.3) is 0 Å². The number of hydrogen-bond donors (Lipinski definition) is 2. The quantitative estimate of drug-likeness (QED) is 0.641. The number of benzene rings is 1. The average molecular weight is 271 g/mol. The van der Waals surface area contributed by atoms with E-state index in [9.17, 15) is 23.7 Å². The molecule has 0 spiro atoms. The Morgan fingerprint density at radius 3 is 2.53 bits per heavy atom. The van der Waals surface area contributed by atoms with Crippen LogP contribution in [0.2, 0.25) is 0 Å². The molecule has 0 radical (unpaired) electrons. The maximum Gasteiger partial charge on any atom is 0.307 e. The number of carbonyl (C=O) groups excluding carboxylic acids is 1. The average Bonchev–Trinajstić information content (AvgIpc) is 3.12. The van der Waals surface area contributed by atoms with E-state index in [-0.39, 0.29) is 6.54 Å². The summed E-state index contributed by atoms with van der Waals surface area (Å²) in [6, 6.07) is 1.03. The van der Waals surface area contributed by atoms with Crippen LogP contribution in [0.1, 0.15) is 12.8 Å². The molecule has 1 aromatic carbocycles. The first-order chi connectivity index (χ1) is 8.89. The van der Waals surface area contributed by atoms with Crippen molar-refractivity contribution in [1.29, 1.82) is 0 Å². The van der Waals surface area contributed by atoms with E-state index < -0.39 is 39.3 Å². The summed E-state index contributed by atoms with van der Waals surface area (Å²) < 4.78 is 26.6. The molecule has 1 aliphatic rings. The van der Waals surface area contributed by atoms with Gasteiger partial charge >= 0.3 is 5.69 Å². The highest BCUT2D eigenvalue weighted by molar-refractivity contribution is 5.97. The van der Waals surface area contributed by atoms with Crippen molar-refractivity contribution >= 4 is 17.3 Å². The van der Waals surface area contributed by atoms with Crippen molar-refractivity contribution in [2.24, 2.45) is 11.1 Å². The number of amides is 1. The molecule has 6 nitrogen and oxygen atoms in total. The van der Waals surface area contributed by atoms with Gasteiger partial charge in [-0.2, -0.15) is 4.39 Å². The van der Waals surface area contributed by atoms with Gasteiger partial charge in [-0.05, 0) is 12.8 Å². The van der Waals surface area contributed by atoms with E-state index in [2.05, 4.69) is 5.32 Å². The van der Waals surface area contributed by atoms with Crippen LogP contribution in [0, 0.1) is 27.2 Å². The number of nitro benzene ring substituents is 1. The Morgan fingerprint density at radius 1 is 1.42 bits per heavy atom. The Kier molecular flexibility index (Phi) is 3.19. The summed E-state index contributed by atoms with van der Waals surface area (Å²) in [5, 5.41) is 12.8. The zero-order chi connectivity index (χ0) is 14.2. The van der Waals surface area contributed by atoms with Gasteiger partial charge in [0, 0.05) is 18.7 Å². The molecule has 0 atom stereocenters. The normalized spacial score (nSPS) is 15.9. The molecule has 102 valence electrons. The molecule has 1 amide bonds. The van der Waals surface area contributed by atoms with Crippen molar-refractivity contribution in [1.82, 2.24) is 0 Å². The molecule has 0 bridgehead atoms. The summed E-state index contributed by atoms with van der Waals surface area (Å²) in [5.41, 5.74) is 3.40. The molecular weight excluding hydrogens is 260 g/mol. The molecule has 0 unspecified atom stereocenters. The minimum Gasteiger partial charge on any atom is -0.329 e. The largest absolute Gasteiger partial charge is 0.329 e. The molecule has 2 rings (SSSR count). The lowest BCUT2D eigenvalue weighted by molar-refractivity contribution is -0.387. The van der Waals surface area contributed by atoms with Crippen LogP contribution in [0.3, 0.4) is 0 Å². The minimum absolute atomic E-state index is 0.115. The van der Waals surface area contributed by atoms with Crippen LogP contribution in [0.25, 0.3) is 0 Å². The van der Waals surface area contributed by atoms with E-state index in [1.54, 1.807) is 0 Å². The fourth-order valence-corrected chi connectivity index (χ4v) is 1.70. The summed E-state index contributed by atoms with van der Waals surface area (Å²) >= 11 is 0. The van der Waals surface area contributed by atoms with Crippen LogP contribution in [-0.4, -0.2) is 17.4 Å². The number of hydrogen-bond acceptors (Lipinski definition) is 4. The smallest absolute Gasteiger partial charge is 0.307 e. The van der Waals surface area contributed by atoms with E-state index in [0.29, 0.717) is 25.0 Å². The number of halogens is 2. The van der Waals surface area contributed by atoms with E-state index >= 15 is 0 Å². The lowest BCUT2D eigenvalue weighted by Crippen LogP contribution is -2.31. The van der Waals surface area contributed by atoms with E-state index in [4.69, 9.17) is 5.73 Å². The lowest BCUT2D eigenvalue weighted by Gasteiger charge is -2.13. The van der Waals surface area contributed by atoms with Crippen molar-refractivity contribution < 1.29 is 18.5 Å². The number of rotatable bonds is 4. The molecule has 0 aliphatic heterocycles. The number of carbonyl (C=O) groups is 1. The number of nitrogens with one attached hydrogen (secondary N) is 1. The number of anilines is 1. The molecule has 1 aromatic rings. The highest BCUT2D eigenvalue weighted by atomic mass is 19.1. The Hall–Kier alpha value is -2.09. The Morgan fingerprint density at radius 2 is 2.05 bits per heavy atom. The highest BCUT2D eigenvalue weighted by Crippen LogP contribution is 2.45. The Labute approximate surface area is 106 Å². The molecule has 0 saturated heterocycles. The van der Waals surface area contributed by atoms with Crippen molar-refractivity contribution in [2.75, 3.05) is 11.9 Å². The van der Waals surface area contributed by atoms with E-state index in [1.807, 2.05) is 0 Å². The maximum atomic E-state index is 13.5. The second-order valence-electron chi connectivity index (χ2n) is 4.48. The summed E-state index contributed by atoms with van der Waals surface area (Å²) in [4.78, 5) is 21.4. The lowest BCUT2D eigenvalue weighted by atomic mass is 10.1. The van der Waals surface area contributed by atoms with Crippen molar-refractivity contribution in [3.8, 4) is 0 Å². The van der Waals surface area contributed by atoms with Crippen LogP contribution < -0.4 is 11.1 Å². The van der Waals surface area contributed by atoms with Crippen molar-refractivity contribution in [2.45, 2.75) is 12.8 Å². The van der Waals surface area contributed by atoms with E-state index in [0.717, 1.165) is 0 Å². The van der Waals surface area contributed by atoms with Gasteiger partial charge in [-0.25, -0.2) is 4.39 Å². The summed E-state index contributed by atoms with van der Waals surface area (Å²) in [6.45, 7) is 0.115. The predicted octanol–water partition coefficient (Wildman–Crippen LogP) is 1.55. The Balaban J connectivity index is 2.28. The molecule has 19 heavy (non-hydrogen) atoms. The van der Waals surface area contributed by atoms with Crippen molar-refractivity contribution in [3.63, 3.8) is 0 Å². The van der Waals surface area contributed by atoms with Crippen LogP contribution >= 0.6 is 0 Å². The summed E-state index contributed by atoms with van der Waals surface area (Å²) in [7, 11) is 0. The van der Waals surface area contributed by atoms with Gasteiger partial charge < -0.3 is 11.1 Å². The highest BCUT2D eigenvalue weighted by Gasteiger charge is 2.48. The third-order valence-electron chi connectivity index (χ3n) is 3.21. The number of nitro groups is 1. The van der Waals surface area contributed by atoms with Gasteiger partial charge in [0.2, 0.25) is 11.7 Å². The van der Waals surface area contributed by atoms with Gasteiger partial charge in [-0.15, -0.1) is 0 Å². The molecule has 1 fully saturated rings. The molecular formula is C11H11F2N3O3. The standard InChI is InChI=1S/C11H11F2N3O3/c12-6-3-7(13)9(16(18)19)4-8(6)15-10(17)11(5-14)1-2-11/h3-4H,1-2,5,14H2,(H,15,17). The predicted molar refractivity (Wildman–Crippen MR) is 62.4 cm³/mol. The Bertz CT molecular complexity index is 558. The van der Waals surface area contributed by atoms with E-state index in [1.165, 1.54) is 0 Å². The van der Waals surface area contributed by atoms with Crippen molar-refractivity contribution in [3.05, 3.63) is 33.9 Å². The molecule has 1 saturated carbocycles. The molecule has 3 N–H and O–H groups in total. The van der Waals surface area contributed by atoms with Gasteiger partial charge in [-0.3, -0.25) is 14.9 Å². The number of nitrogens with two attached hydrogens (primary N) is 1. The first-order valence-electron chi connectivity index (χ1n) is 5.54. The second-order valence-corrected chi connectivity index (χ2v) is 4.48. The third kappa shape index (κ3) is 2.39. The fourth-order valence-electron chi connectivity index (χ4n) is 1.70. The minimum atomic E-state index is -1.29.